The van der Waals surface area contributed by atoms with Crippen LogP contribution in [0.2, 0.25) is 5.02 Å². The van der Waals surface area contributed by atoms with Crippen LogP contribution in [0.1, 0.15) is 38.5 Å². The van der Waals surface area contributed by atoms with Gasteiger partial charge in [0.2, 0.25) is 0 Å². The third kappa shape index (κ3) is 4.61. The maximum Gasteiger partial charge on any atom is 0.348 e. The van der Waals surface area contributed by atoms with Crippen molar-refractivity contribution < 1.29 is 14.3 Å². The fraction of sp³-hybridized carbons (Fsp3) is 0.368. The highest BCUT2D eigenvalue weighted by Crippen LogP contribution is 2.30. The Balaban J connectivity index is 1.51. The van der Waals surface area contributed by atoms with Crippen LogP contribution in [0.4, 0.5) is 0 Å². The molecule has 1 aliphatic carbocycles. The van der Waals surface area contributed by atoms with Gasteiger partial charge in [-0.05, 0) is 55.0 Å². The summed E-state index contributed by atoms with van der Waals surface area (Å²) in [4.78, 5) is 27.8. The molecule has 4 nitrogen and oxygen atoms in total. The highest BCUT2D eigenvalue weighted by Gasteiger charge is 2.19. The number of amides is 1. The first kappa shape index (κ1) is 18.0. The van der Waals surface area contributed by atoms with Gasteiger partial charge in [0.15, 0.2) is 6.61 Å². The summed E-state index contributed by atoms with van der Waals surface area (Å²) < 4.78 is 5.20. The molecular weight excluding hydrogens is 358 g/mol. The monoisotopic (exact) mass is 377 g/mol. The van der Waals surface area contributed by atoms with Crippen molar-refractivity contribution in [2.24, 2.45) is 0 Å². The number of hydrogen-bond acceptors (Lipinski definition) is 4. The van der Waals surface area contributed by atoms with E-state index in [9.17, 15) is 9.59 Å². The summed E-state index contributed by atoms with van der Waals surface area (Å²) in [5.41, 5.74) is 2.23. The molecule has 0 bridgehead atoms. The normalized spacial score (nSPS) is 13.2. The molecular formula is C19H20ClNO3S. The first-order valence-electron chi connectivity index (χ1n) is 8.30. The molecule has 1 aliphatic rings. The Bertz CT molecular complexity index is 746. The number of esters is 1. The molecule has 1 aromatic heterocycles. The van der Waals surface area contributed by atoms with Crippen molar-refractivity contribution in [1.82, 2.24) is 4.90 Å². The number of carbonyl (C=O) groups excluding carboxylic acids is 2. The smallest absolute Gasteiger partial charge is 0.348 e. The molecule has 0 N–H and O–H groups in total. The Morgan fingerprint density at radius 1 is 1.20 bits per heavy atom. The van der Waals surface area contributed by atoms with Crippen molar-refractivity contribution in [3.63, 3.8) is 0 Å². The molecule has 1 aromatic carbocycles. The number of rotatable bonds is 5. The molecule has 132 valence electrons. The standard InChI is InChI=1S/C19H20ClNO3S/c1-21(11-13-6-8-15(20)9-7-13)18(22)12-24-19(23)17-10-14-4-2-3-5-16(14)25-17/h6-10H,2-5,11-12H2,1H3. The Morgan fingerprint density at radius 3 is 2.64 bits per heavy atom. The fourth-order valence-electron chi connectivity index (χ4n) is 2.85. The number of benzene rings is 1. The van der Waals surface area contributed by atoms with E-state index in [-0.39, 0.29) is 12.5 Å². The van der Waals surface area contributed by atoms with E-state index >= 15 is 0 Å². The van der Waals surface area contributed by atoms with E-state index in [0.717, 1.165) is 18.4 Å². The second kappa shape index (κ2) is 8.02. The van der Waals surface area contributed by atoms with Crippen molar-refractivity contribution in [3.05, 3.63) is 56.2 Å². The maximum absolute atomic E-state index is 12.2. The lowest BCUT2D eigenvalue weighted by atomic mass is 9.99. The summed E-state index contributed by atoms with van der Waals surface area (Å²) in [6.07, 6.45) is 4.42. The lowest BCUT2D eigenvalue weighted by Crippen LogP contribution is -2.30. The Hall–Kier alpha value is -1.85. The van der Waals surface area contributed by atoms with Crippen LogP contribution in [0, 0.1) is 0 Å². The molecule has 25 heavy (non-hydrogen) atoms. The summed E-state index contributed by atoms with van der Waals surface area (Å²) >= 11 is 7.35. The highest BCUT2D eigenvalue weighted by atomic mass is 35.5. The van der Waals surface area contributed by atoms with Crippen LogP contribution < -0.4 is 0 Å². The average Bonchev–Trinajstić information content (AvgIpc) is 3.05. The molecule has 0 atom stereocenters. The van der Waals surface area contributed by atoms with Gasteiger partial charge in [-0.1, -0.05) is 23.7 Å². The third-order valence-corrected chi connectivity index (χ3v) is 5.75. The van der Waals surface area contributed by atoms with Gasteiger partial charge >= 0.3 is 5.97 Å². The molecule has 0 saturated heterocycles. The number of ether oxygens (including phenoxy) is 1. The van der Waals surface area contributed by atoms with Crippen LogP contribution in [0.15, 0.2) is 30.3 Å². The van der Waals surface area contributed by atoms with Gasteiger partial charge in [0.1, 0.15) is 4.88 Å². The molecule has 0 unspecified atom stereocenters. The minimum absolute atomic E-state index is 0.232. The third-order valence-electron chi connectivity index (χ3n) is 4.28. The molecule has 2 aromatic rings. The first-order chi connectivity index (χ1) is 12.0. The highest BCUT2D eigenvalue weighted by molar-refractivity contribution is 7.14. The Kier molecular flexibility index (Phi) is 5.76. The maximum atomic E-state index is 12.2. The molecule has 0 radical (unpaired) electrons. The minimum Gasteiger partial charge on any atom is -0.451 e. The second-order valence-electron chi connectivity index (χ2n) is 6.22. The summed E-state index contributed by atoms with van der Waals surface area (Å²) in [5.74, 6) is -0.641. The molecule has 1 heterocycles. The van der Waals surface area contributed by atoms with Gasteiger partial charge < -0.3 is 9.64 Å². The zero-order valence-corrected chi connectivity index (χ0v) is 15.7. The van der Waals surface area contributed by atoms with Gasteiger partial charge in [-0.2, -0.15) is 0 Å². The van der Waals surface area contributed by atoms with Crippen LogP contribution >= 0.6 is 22.9 Å². The largest absolute Gasteiger partial charge is 0.451 e. The summed E-state index contributed by atoms with van der Waals surface area (Å²) in [6, 6.07) is 9.23. The van der Waals surface area contributed by atoms with E-state index < -0.39 is 5.97 Å². The predicted octanol–water partition coefficient (Wildman–Crippen LogP) is 4.10. The van der Waals surface area contributed by atoms with E-state index in [1.165, 1.54) is 39.5 Å². The van der Waals surface area contributed by atoms with Gasteiger partial charge in [0.05, 0.1) is 0 Å². The van der Waals surface area contributed by atoms with E-state index in [0.29, 0.717) is 16.4 Å². The Morgan fingerprint density at radius 2 is 1.92 bits per heavy atom. The number of carbonyl (C=O) groups is 2. The van der Waals surface area contributed by atoms with Crippen molar-refractivity contribution in [1.29, 1.82) is 0 Å². The topological polar surface area (TPSA) is 46.6 Å². The quantitative estimate of drug-likeness (QED) is 0.737. The number of hydrogen-bond donors (Lipinski definition) is 0. The number of fused-ring (bicyclic) bond motifs is 1. The lowest BCUT2D eigenvalue weighted by molar-refractivity contribution is -0.133. The SMILES string of the molecule is CN(Cc1ccc(Cl)cc1)C(=O)COC(=O)c1cc2c(s1)CCCC2. The van der Waals surface area contributed by atoms with Crippen molar-refractivity contribution >= 4 is 34.8 Å². The summed E-state index contributed by atoms with van der Waals surface area (Å²) in [5, 5.41) is 0.658. The zero-order valence-electron chi connectivity index (χ0n) is 14.1. The van der Waals surface area contributed by atoms with E-state index in [2.05, 4.69) is 0 Å². The van der Waals surface area contributed by atoms with Gasteiger partial charge in [0.25, 0.3) is 5.91 Å². The van der Waals surface area contributed by atoms with E-state index in [1.807, 2.05) is 18.2 Å². The second-order valence-corrected chi connectivity index (χ2v) is 7.79. The Labute approximate surface area is 156 Å². The summed E-state index contributed by atoms with van der Waals surface area (Å²) in [6.45, 7) is 0.201. The fourth-order valence-corrected chi connectivity index (χ4v) is 4.13. The van der Waals surface area contributed by atoms with Crippen LogP contribution in [0.3, 0.4) is 0 Å². The van der Waals surface area contributed by atoms with Crippen molar-refractivity contribution in [2.75, 3.05) is 13.7 Å². The molecule has 0 fully saturated rings. The molecule has 6 heteroatoms. The number of halogens is 1. The minimum atomic E-state index is -0.410. The molecule has 0 saturated carbocycles. The van der Waals surface area contributed by atoms with Crippen LogP contribution in [-0.2, 0) is 28.9 Å². The van der Waals surface area contributed by atoms with Gasteiger partial charge in [0, 0.05) is 23.5 Å². The number of likely N-dealkylation sites (N-methyl/N-ethyl adjacent to an activating group) is 1. The van der Waals surface area contributed by atoms with Crippen molar-refractivity contribution in [3.8, 4) is 0 Å². The number of aryl methyl sites for hydroxylation is 2. The summed E-state index contributed by atoms with van der Waals surface area (Å²) in [7, 11) is 1.69. The zero-order chi connectivity index (χ0) is 17.8. The predicted molar refractivity (Wildman–Crippen MR) is 99.2 cm³/mol. The van der Waals surface area contributed by atoms with Crippen LogP contribution in [0.5, 0.6) is 0 Å². The lowest BCUT2D eigenvalue weighted by Gasteiger charge is -2.17. The molecule has 1 amide bonds. The van der Waals surface area contributed by atoms with Crippen LogP contribution in [0.25, 0.3) is 0 Å². The van der Waals surface area contributed by atoms with Crippen LogP contribution in [-0.4, -0.2) is 30.4 Å². The van der Waals surface area contributed by atoms with Gasteiger partial charge in [-0.15, -0.1) is 11.3 Å². The van der Waals surface area contributed by atoms with Gasteiger partial charge in [-0.25, -0.2) is 4.79 Å². The molecule has 3 rings (SSSR count). The molecule has 0 spiro atoms. The average molecular weight is 378 g/mol. The van der Waals surface area contributed by atoms with E-state index in [4.69, 9.17) is 16.3 Å². The molecule has 0 aliphatic heterocycles. The van der Waals surface area contributed by atoms with E-state index in [1.54, 1.807) is 19.2 Å². The first-order valence-corrected chi connectivity index (χ1v) is 9.49. The number of nitrogens with zero attached hydrogens (tertiary/aromatic N) is 1. The van der Waals surface area contributed by atoms with Gasteiger partial charge in [-0.3, -0.25) is 4.79 Å². The van der Waals surface area contributed by atoms with Crippen molar-refractivity contribution in [2.45, 2.75) is 32.2 Å². The number of thiophene rings is 1.